The molecule has 0 saturated carbocycles. The average molecular weight is 389 g/mol. The predicted molar refractivity (Wildman–Crippen MR) is 105 cm³/mol. The number of methoxy groups -OCH3 is 3. The standard InChI is InChI=1S/C20H23NO5S/c1-24-16-7-4-13(10-18(16)26-3)8-9-21-19(23)12-27-20(21)14-5-6-15(22)17(11-14)25-2/h4-7,10-11,20,22H,8-9,12H2,1-3H3/t20-/m1/s1. The molecule has 0 aromatic heterocycles. The maximum Gasteiger partial charge on any atom is 0.233 e. The minimum Gasteiger partial charge on any atom is -0.504 e. The third-order valence-corrected chi connectivity index (χ3v) is 5.80. The number of amides is 1. The molecule has 1 heterocycles. The molecule has 27 heavy (non-hydrogen) atoms. The van der Waals surface area contributed by atoms with E-state index in [2.05, 4.69) is 0 Å². The van der Waals surface area contributed by atoms with Crippen molar-refractivity contribution in [2.24, 2.45) is 0 Å². The Morgan fingerprint density at radius 2 is 1.78 bits per heavy atom. The van der Waals surface area contributed by atoms with Crippen LogP contribution in [0.3, 0.4) is 0 Å². The number of benzene rings is 2. The summed E-state index contributed by atoms with van der Waals surface area (Å²) >= 11 is 1.58. The van der Waals surface area contributed by atoms with E-state index in [-0.39, 0.29) is 17.0 Å². The smallest absolute Gasteiger partial charge is 0.233 e. The lowest BCUT2D eigenvalue weighted by atomic mass is 10.1. The van der Waals surface area contributed by atoms with Crippen LogP contribution < -0.4 is 14.2 Å². The summed E-state index contributed by atoms with van der Waals surface area (Å²) in [5.41, 5.74) is 2.01. The minimum atomic E-state index is -0.0906. The third-order valence-electron chi connectivity index (χ3n) is 4.55. The van der Waals surface area contributed by atoms with Crippen molar-refractivity contribution in [3.8, 4) is 23.0 Å². The first-order valence-electron chi connectivity index (χ1n) is 8.56. The van der Waals surface area contributed by atoms with E-state index in [0.717, 1.165) is 11.1 Å². The van der Waals surface area contributed by atoms with Crippen LogP contribution in [0.1, 0.15) is 16.5 Å². The molecule has 1 amide bonds. The molecule has 6 nitrogen and oxygen atoms in total. The highest BCUT2D eigenvalue weighted by Gasteiger charge is 2.32. The Morgan fingerprint density at radius 1 is 1.04 bits per heavy atom. The van der Waals surface area contributed by atoms with Crippen LogP contribution in [0, 0.1) is 0 Å². The summed E-state index contributed by atoms with van der Waals surface area (Å²) in [4.78, 5) is 14.3. The molecule has 1 atom stereocenters. The summed E-state index contributed by atoms with van der Waals surface area (Å²) in [7, 11) is 4.73. The van der Waals surface area contributed by atoms with E-state index in [4.69, 9.17) is 14.2 Å². The van der Waals surface area contributed by atoms with E-state index >= 15 is 0 Å². The average Bonchev–Trinajstić information content (AvgIpc) is 3.06. The number of hydrogen-bond donors (Lipinski definition) is 1. The van der Waals surface area contributed by atoms with Gasteiger partial charge in [0.05, 0.1) is 27.1 Å². The molecule has 144 valence electrons. The lowest BCUT2D eigenvalue weighted by Crippen LogP contribution is -2.30. The van der Waals surface area contributed by atoms with Gasteiger partial charge in [-0.3, -0.25) is 4.79 Å². The van der Waals surface area contributed by atoms with Gasteiger partial charge in [-0.25, -0.2) is 0 Å². The van der Waals surface area contributed by atoms with Gasteiger partial charge >= 0.3 is 0 Å². The van der Waals surface area contributed by atoms with Crippen LogP contribution in [0.15, 0.2) is 36.4 Å². The first-order valence-corrected chi connectivity index (χ1v) is 9.61. The fraction of sp³-hybridized carbons (Fsp3) is 0.350. The second kappa shape index (κ2) is 8.43. The summed E-state index contributed by atoms with van der Waals surface area (Å²) in [5.74, 6) is 2.41. The topological polar surface area (TPSA) is 68.2 Å². The van der Waals surface area contributed by atoms with Crippen LogP contribution in [0.5, 0.6) is 23.0 Å². The Hall–Kier alpha value is -2.54. The summed E-state index contributed by atoms with van der Waals surface area (Å²) in [6.45, 7) is 0.592. The van der Waals surface area contributed by atoms with Gasteiger partial charge in [-0.2, -0.15) is 0 Å². The van der Waals surface area contributed by atoms with Crippen molar-refractivity contribution in [2.75, 3.05) is 33.6 Å². The molecule has 0 unspecified atom stereocenters. The molecule has 2 aromatic carbocycles. The van der Waals surface area contributed by atoms with Crippen molar-refractivity contribution < 1.29 is 24.1 Å². The zero-order valence-electron chi connectivity index (χ0n) is 15.6. The summed E-state index contributed by atoms with van der Waals surface area (Å²) in [6, 6.07) is 11.0. The highest BCUT2D eigenvalue weighted by molar-refractivity contribution is 8.00. The van der Waals surface area contributed by atoms with Crippen LogP contribution in [0.25, 0.3) is 0 Å². The minimum absolute atomic E-state index is 0.0902. The van der Waals surface area contributed by atoms with Crippen molar-refractivity contribution in [2.45, 2.75) is 11.8 Å². The number of phenolic OH excluding ortho intramolecular Hbond substituents is 1. The fourth-order valence-electron chi connectivity index (χ4n) is 3.11. The Balaban J connectivity index is 1.76. The molecule has 2 aromatic rings. The number of aromatic hydroxyl groups is 1. The van der Waals surface area contributed by atoms with E-state index in [1.54, 1.807) is 38.1 Å². The van der Waals surface area contributed by atoms with Gasteiger partial charge in [-0.15, -0.1) is 11.8 Å². The molecule has 0 bridgehead atoms. The molecule has 1 fully saturated rings. The first-order chi connectivity index (χ1) is 13.1. The van der Waals surface area contributed by atoms with Crippen LogP contribution in [-0.2, 0) is 11.2 Å². The van der Waals surface area contributed by atoms with Crippen molar-refractivity contribution in [3.05, 3.63) is 47.5 Å². The number of rotatable bonds is 7. The summed E-state index contributed by atoms with van der Waals surface area (Å²) in [5, 5.41) is 9.71. The van der Waals surface area contributed by atoms with E-state index in [9.17, 15) is 9.90 Å². The number of carbonyl (C=O) groups is 1. The monoisotopic (exact) mass is 389 g/mol. The third kappa shape index (κ3) is 4.08. The zero-order chi connectivity index (χ0) is 19.4. The quantitative estimate of drug-likeness (QED) is 0.784. The van der Waals surface area contributed by atoms with E-state index < -0.39 is 0 Å². The van der Waals surface area contributed by atoms with Crippen molar-refractivity contribution in [1.82, 2.24) is 4.90 Å². The molecule has 1 saturated heterocycles. The molecule has 0 aliphatic carbocycles. The Morgan fingerprint density at radius 3 is 2.48 bits per heavy atom. The van der Waals surface area contributed by atoms with Crippen LogP contribution in [0.4, 0.5) is 0 Å². The molecule has 1 N–H and O–H groups in total. The largest absolute Gasteiger partial charge is 0.504 e. The Bertz CT molecular complexity index is 826. The maximum absolute atomic E-state index is 12.4. The van der Waals surface area contributed by atoms with Gasteiger partial charge in [0.25, 0.3) is 0 Å². The fourth-order valence-corrected chi connectivity index (χ4v) is 4.31. The summed E-state index contributed by atoms with van der Waals surface area (Å²) < 4.78 is 15.8. The number of ether oxygens (including phenoxy) is 3. The van der Waals surface area contributed by atoms with Gasteiger partial charge in [0.1, 0.15) is 5.37 Å². The van der Waals surface area contributed by atoms with Crippen molar-refractivity contribution in [3.63, 3.8) is 0 Å². The SMILES string of the molecule is COc1cc([C@H]2SCC(=O)N2CCc2ccc(OC)c(OC)c2)ccc1O. The van der Waals surface area contributed by atoms with Crippen LogP contribution in [-0.4, -0.2) is 49.5 Å². The second-order valence-electron chi connectivity index (χ2n) is 6.12. The van der Waals surface area contributed by atoms with Crippen LogP contribution in [0.2, 0.25) is 0 Å². The second-order valence-corrected chi connectivity index (χ2v) is 7.19. The van der Waals surface area contributed by atoms with E-state index in [1.165, 1.54) is 7.11 Å². The molecule has 0 radical (unpaired) electrons. The van der Waals surface area contributed by atoms with Gasteiger partial charge in [0, 0.05) is 6.54 Å². The molecule has 0 spiro atoms. The van der Waals surface area contributed by atoms with Gasteiger partial charge in [0.15, 0.2) is 23.0 Å². The molecular weight excluding hydrogens is 366 g/mol. The van der Waals surface area contributed by atoms with Crippen molar-refractivity contribution >= 4 is 17.7 Å². The number of nitrogens with zero attached hydrogens (tertiary/aromatic N) is 1. The van der Waals surface area contributed by atoms with Gasteiger partial charge in [-0.1, -0.05) is 12.1 Å². The molecule has 3 rings (SSSR count). The molecule has 1 aliphatic heterocycles. The van der Waals surface area contributed by atoms with Crippen molar-refractivity contribution in [1.29, 1.82) is 0 Å². The molecule has 7 heteroatoms. The van der Waals surface area contributed by atoms with E-state index in [0.29, 0.717) is 36.0 Å². The Labute approximate surface area is 163 Å². The predicted octanol–water partition coefficient (Wildman–Crippen LogP) is 3.23. The molecule has 1 aliphatic rings. The Kier molecular flexibility index (Phi) is 6.01. The zero-order valence-corrected chi connectivity index (χ0v) is 16.4. The lowest BCUT2D eigenvalue weighted by Gasteiger charge is -2.25. The highest BCUT2D eigenvalue weighted by Crippen LogP contribution is 2.41. The lowest BCUT2D eigenvalue weighted by molar-refractivity contribution is -0.128. The normalized spacial score (nSPS) is 16.5. The van der Waals surface area contributed by atoms with Crippen LogP contribution >= 0.6 is 11.8 Å². The molecular formula is C20H23NO5S. The summed E-state index contributed by atoms with van der Waals surface area (Å²) in [6.07, 6.45) is 0.707. The number of thioether (sulfide) groups is 1. The number of hydrogen-bond acceptors (Lipinski definition) is 6. The number of phenols is 1. The van der Waals surface area contributed by atoms with Gasteiger partial charge in [0.2, 0.25) is 5.91 Å². The maximum atomic E-state index is 12.4. The first kappa shape index (κ1) is 19.2. The van der Waals surface area contributed by atoms with Gasteiger partial charge < -0.3 is 24.2 Å². The van der Waals surface area contributed by atoms with Gasteiger partial charge in [-0.05, 0) is 41.8 Å². The van der Waals surface area contributed by atoms with E-state index in [1.807, 2.05) is 29.2 Å². The highest BCUT2D eigenvalue weighted by atomic mass is 32.2. The number of carbonyl (C=O) groups excluding carboxylic acids is 1.